The Labute approximate surface area is 129 Å². The number of rotatable bonds is 0. The molecular weight excluding hydrogens is 297 g/mol. The van der Waals surface area contributed by atoms with Crippen LogP contribution in [-0.2, 0) is 11.2 Å². The van der Waals surface area contributed by atoms with E-state index in [4.69, 9.17) is 27.9 Å². The van der Waals surface area contributed by atoms with E-state index in [1.807, 2.05) is 33.8 Å². The molecule has 5 heteroatoms. The summed E-state index contributed by atoms with van der Waals surface area (Å²) in [5.41, 5.74) is 1.57. The number of benzene rings is 1. The van der Waals surface area contributed by atoms with Crippen molar-refractivity contribution in [3.8, 4) is 0 Å². The lowest BCUT2D eigenvalue weighted by Crippen LogP contribution is -2.42. The number of nitrogens with zero attached hydrogens (tertiary/aromatic N) is 1. The molecule has 0 bridgehead atoms. The SMILES string of the molecule is C[C@@H]1c2c(Cl)cc(Cl)cc2CCN1C(=O)OC(C)(C)C. The molecule has 1 heterocycles. The van der Waals surface area contributed by atoms with Gasteiger partial charge in [-0.2, -0.15) is 0 Å². The normalized spacial score (nSPS) is 18.7. The first-order valence-corrected chi connectivity index (χ1v) is 7.42. The van der Waals surface area contributed by atoms with E-state index in [-0.39, 0.29) is 12.1 Å². The Morgan fingerprint density at radius 1 is 1.35 bits per heavy atom. The third-order valence-corrected chi connectivity index (χ3v) is 3.85. The van der Waals surface area contributed by atoms with Crippen LogP contribution < -0.4 is 0 Å². The maximum Gasteiger partial charge on any atom is 0.410 e. The van der Waals surface area contributed by atoms with Crippen LogP contribution in [0.2, 0.25) is 10.0 Å². The van der Waals surface area contributed by atoms with Gasteiger partial charge in [0.2, 0.25) is 0 Å². The molecular formula is C15H19Cl2NO2. The van der Waals surface area contributed by atoms with Crippen LogP contribution in [0.15, 0.2) is 12.1 Å². The predicted molar refractivity (Wildman–Crippen MR) is 81.5 cm³/mol. The van der Waals surface area contributed by atoms with Crippen LogP contribution >= 0.6 is 23.2 Å². The minimum Gasteiger partial charge on any atom is -0.444 e. The van der Waals surface area contributed by atoms with Gasteiger partial charge in [-0.05, 0) is 57.4 Å². The summed E-state index contributed by atoms with van der Waals surface area (Å²) in [5, 5.41) is 1.24. The van der Waals surface area contributed by atoms with Crippen molar-refractivity contribution in [2.75, 3.05) is 6.54 Å². The van der Waals surface area contributed by atoms with E-state index < -0.39 is 5.60 Å². The quantitative estimate of drug-likeness (QED) is 0.685. The van der Waals surface area contributed by atoms with E-state index in [1.54, 1.807) is 11.0 Å². The third-order valence-electron chi connectivity index (χ3n) is 3.32. The summed E-state index contributed by atoms with van der Waals surface area (Å²) in [4.78, 5) is 14.0. The fraction of sp³-hybridized carbons (Fsp3) is 0.533. The number of hydrogen-bond donors (Lipinski definition) is 0. The number of hydrogen-bond acceptors (Lipinski definition) is 2. The number of halogens is 2. The molecule has 110 valence electrons. The Bertz CT molecular complexity index is 537. The molecule has 0 saturated carbocycles. The predicted octanol–water partition coefficient (Wildman–Crippen LogP) is 4.85. The lowest BCUT2D eigenvalue weighted by molar-refractivity contribution is 0.0160. The maximum atomic E-state index is 12.2. The summed E-state index contributed by atoms with van der Waals surface area (Å²) < 4.78 is 5.44. The Kier molecular flexibility index (Phi) is 4.22. The standard InChI is InChI=1S/C15H19Cl2NO2/c1-9-13-10(7-11(16)8-12(13)17)5-6-18(9)14(19)20-15(2,3)4/h7-9H,5-6H2,1-4H3/t9-/m1/s1. The topological polar surface area (TPSA) is 29.5 Å². The summed E-state index contributed by atoms with van der Waals surface area (Å²) in [6.45, 7) is 8.15. The van der Waals surface area contributed by atoms with E-state index in [0.29, 0.717) is 16.6 Å². The number of amides is 1. The number of carbonyl (C=O) groups excluding carboxylic acids is 1. The molecule has 0 saturated heterocycles. The monoisotopic (exact) mass is 315 g/mol. The second kappa shape index (κ2) is 5.45. The molecule has 2 rings (SSSR count). The van der Waals surface area contributed by atoms with Gasteiger partial charge < -0.3 is 9.64 Å². The van der Waals surface area contributed by atoms with Gasteiger partial charge in [0, 0.05) is 16.6 Å². The van der Waals surface area contributed by atoms with Crippen LogP contribution in [-0.4, -0.2) is 23.1 Å². The van der Waals surface area contributed by atoms with Crippen LogP contribution in [0, 0.1) is 0 Å². The van der Waals surface area contributed by atoms with Crippen LogP contribution in [0.3, 0.4) is 0 Å². The zero-order valence-corrected chi connectivity index (χ0v) is 13.7. The van der Waals surface area contributed by atoms with E-state index in [9.17, 15) is 4.79 Å². The lowest BCUT2D eigenvalue weighted by Gasteiger charge is -2.36. The summed E-state index contributed by atoms with van der Waals surface area (Å²) in [6.07, 6.45) is 0.431. The van der Waals surface area contributed by atoms with E-state index in [1.165, 1.54) is 0 Å². The molecule has 1 aromatic rings. The van der Waals surface area contributed by atoms with E-state index in [0.717, 1.165) is 17.5 Å². The van der Waals surface area contributed by atoms with Gasteiger partial charge in [-0.25, -0.2) is 4.79 Å². The molecule has 20 heavy (non-hydrogen) atoms. The van der Waals surface area contributed by atoms with Crippen molar-refractivity contribution in [1.82, 2.24) is 4.90 Å². The molecule has 1 amide bonds. The summed E-state index contributed by atoms with van der Waals surface area (Å²) in [7, 11) is 0. The fourth-order valence-corrected chi connectivity index (χ4v) is 3.17. The smallest absolute Gasteiger partial charge is 0.410 e. The highest BCUT2D eigenvalue weighted by atomic mass is 35.5. The molecule has 0 aliphatic carbocycles. The maximum absolute atomic E-state index is 12.2. The minimum absolute atomic E-state index is 0.113. The van der Waals surface area contributed by atoms with Crippen molar-refractivity contribution in [2.45, 2.75) is 45.8 Å². The van der Waals surface area contributed by atoms with Crippen molar-refractivity contribution in [2.24, 2.45) is 0 Å². The minimum atomic E-state index is -0.499. The van der Waals surface area contributed by atoms with Crippen LogP contribution in [0.25, 0.3) is 0 Å². The van der Waals surface area contributed by atoms with E-state index in [2.05, 4.69) is 0 Å². The third kappa shape index (κ3) is 3.21. The van der Waals surface area contributed by atoms with Gasteiger partial charge in [0.1, 0.15) is 5.60 Å². The molecule has 1 aliphatic rings. The number of ether oxygens (including phenoxy) is 1. The van der Waals surface area contributed by atoms with Gasteiger partial charge in [0.25, 0.3) is 0 Å². The average Bonchev–Trinajstić information content (AvgIpc) is 2.25. The lowest BCUT2D eigenvalue weighted by atomic mass is 9.94. The molecule has 0 aromatic heterocycles. The first-order chi connectivity index (χ1) is 9.19. The summed E-state index contributed by atoms with van der Waals surface area (Å²) >= 11 is 12.3. The Balaban J connectivity index is 2.28. The van der Waals surface area contributed by atoms with Crippen molar-refractivity contribution >= 4 is 29.3 Å². The van der Waals surface area contributed by atoms with Crippen molar-refractivity contribution in [1.29, 1.82) is 0 Å². The molecule has 0 radical (unpaired) electrons. The van der Waals surface area contributed by atoms with Gasteiger partial charge >= 0.3 is 6.09 Å². The summed E-state index contributed by atoms with van der Waals surface area (Å²) in [6, 6.07) is 3.53. The second-order valence-corrected chi connectivity index (χ2v) is 6.90. The fourth-order valence-electron chi connectivity index (χ4n) is 2.47. The zero-order valence-electron chi connectivity index (χ0n) is 12.2. The van der Waals surface area contributed by atoms with Gasteiger partial charge in [-0.3, -0.25) is 0 Å². The van der Waals surface area contributed by atoms with Gasteiger partial charge in [0.05, 0.1) is 6.04 Å². The molecule has 1 atom stereocenters. The largest absolute Gasteiger partial charge is 0.444 e. The number of fused-ring (bicyclic) bond motifs is 1. The Morgan fingerprint density at radius 2 is 2.00 bits per heavy atom. The molecule has 0 N–H and O–H groups in total. The molecule has 0 unspecified atom stereocenters. The van der Waals surface area contributed by atoms with Crippen LogP contribution in [0.4, 0.5) is 4.79 Å². The Hall–Kier alpha value is -0.930. The first-order valence-electron chi connectivity index (χ1n) is 6.66. The average molecular weight is 316 g/mol. The van der Waals surface area contributed by atoms with Crippen molar-refractivity contribution in [3.05, 3.63) is 33.3 Å². The molecule has 0 fully saturated rings. The molecule has 1 aliphatic heterocycles. The highest BCUT2D eigenvalue weighted by Crippen LogP contribution is 2.37. The summed E-state index contributed by atoms with van der Waals surface area (Å²) in [5.74, 6) is 0. The second-order valence-electron chi connectivity index (χ2n) is 6.06. The van der Waals surface area contributed by atoms with Gasteiger partial charge in [-0.15, -0.1) is 0 Å². The van der Waals surface area contributed by atoms with Crippen molar-refractivity contribution < 1.29 is 9.53 Å². The zero-order chi connectivity index (χ0) is 15.1. The Morgan fingerprint density at radius 3 is 2.60 bits per heavy atom. The molecule has 1 aromatic carbocycles. The first kappa shape index (κ1) is 15.5. The van der Waals surface area contributed by atoms with Crippen molar-refractivity contribution in [3.63, 3.8) is 0 Å². The van der Waals surface area contributed by atoms with Crippen LogP contribution in [0.5, 0.6) is 0 Å². The highest BCUT2D eigenvalue weighted by Gasteiger charge is 2.32. The van der Waals surface area contributed by atoms with Gasteiger partial charge in [-0.1, -0.05) is 23.2 Å². The van der Waals surface area contributed by atoms with Gasteiger partial charge in [0.15, 0.2) is 0 Å². The molecule has 0 spiro atoms. The number of carbonyl (C=O) groups is 1. The highest BCUT2D eigenvalue weighted by molar-refractivity contribution is 6.35. The van der Waals surface area contributed by atoms with Crippen LogP contribution in [0.1, 0.15) is 44.9 Å². The van der Waals surface area contributed by atoms with E-state index >= 15 is 0 Å². The molecule has 3 nitrogen and oxygen atoms in total.